The van der Waals surface area contributed by atoms with Crippen molar-refractivity contribution in [2.24, 2.45) is 0 Å². The van der Waals surface area contributed by atoms with Crippen molar-refractivity contribution in [3.63, 3.8) is 0 Å². The molecule has 4 nitrogen and oxygen atoms in total. The fourth-order valence-corrected chi connectivity index (χ4v) is 2.68. The first-order chi connectivity index (χ1) is 10.1. The number of rotatable bonds is 2. The Bertz CT molecular complexity index is 876. The standard InChI is InChI=1S/C15H10Cl2N2O2/c16-10-6-11(17)14(20)13-12(10)15(21)19(8-18-13)7-9-4-2-1-3-5-9/h1-6,8,20H,7H2. The summed E-state index contributed by atoms with van der Waals surface area (Å²) in [6, 6.07) is 10.9. The van der Waals surface area contributed by atoms with Gasteiger partial charge in [-0.2, -0.15) is 0 Å². The first kappa shape index (κ1) is 13.9. The summed E-state index contributed by atoms with van der Waals surface area (Å²) in [6.45, 7) is 0.377. The molecule has 0 spiro atoms. The largest absolute Gasteiger partial charge is 0.504 e. The molecule has 2 aromatic carbocycles. The van der Waals surface area contributed by atoms with Gasteiger partial charge in [-0.15, -0.1) is 0 Å². The lowest BCUT2D eigenvalue weighted by atomic mass is 10.2. The van der Waals surface area contributed by atoms with E-state index in [1.807, 2.05) is 30.3 Å². The van der Waals surface area contributed by atoms with Crippen molar-refractivity contribution in [2.75, 3.05) is 0 Å². The zero-order valence-electron chi connectivity index (χ0n) is 10.8. The van der Waals surface area contributed by atoms with Crippen molar-refractivity contribution in [1.82, 2.24) is 9.55 Å². The van der Waals surface area contributed by atoms with Gasteiger partial charge in [-0.05, 0) is 11.6 Å². The van der Waals surface area contributed by atoms with E-state index in [2.05, 4.69) is 4.98 Å². The number of hydrogen-bond donors (Lipinski definition) is 1. The maximum Gasteiger partial charge on any atom is 0.263 e. The molecule has 0 bridgehead atoms. The summed E-state index contributed by atoms with van der Waals surface area (Å²) in [4.78, 5) is 16.6. The van der Waals surface area contributed by atoms with Crippen molar-refractivity contribution in [1.29, 1.82) is 0 Å². The summed E-state index contributed by atoms with van der Waals surface area (Å²) in [5.41, 5.74) is 0.762. The van der Waals surface area contributed by atoms with E-state index in [1.54, 1.807) is 0 Å². The van der Waals surface area contributed by atoms with E-state index in [0.29, 0.717) is 6.54 Å². The van der Waals surface area contributed by atoms with Gasteiger partial charge in [0, 0.05) is 0 Å². The van der Waals surface area contributed by atoms with Crippen molar-refractivity contribution < 1.29 is 5.11 Å². The Labute approximate surface area is 130 Å². The van der Waals surface area contributed by atoms with E-state index in [0.717, 1.165) is 5.56 Å². The molecule has 1 N–H and O–H groups in total. The Morgan fingerprint density at radius 1 is 1.14 bits per heavy atom. The number of nitrogens with zero attached hydrogens (tertiary/aromatic N) is 2. The molecule has 1 aromatic heterocycles. The smallest absolute Gasteiger partial charge is 0.263 e. The van der Waals surface area contributed by atoms with Crippen molar-refractivity contribution in [3.8, 4) is 5.75 Å². The fourth-order valence-electron chi connectivity index (χ4n) is 2.14. The molecule has 0 aliphatic heterocycles. The van der Waals surface area contributed by atoms with Crippen LogP contribution in [0.15, 0.2) is 47.5 Å². The highest BCUT2D eigenvalue weighted by molar-refractivity contribution is 6.39. The molecule has 0 saturated carbocycles. The molecule has 106 valence electrons. The molecule has 0 amide bonds. The van der Waals surface area contributed by atoms with Gasteiger partial charge in [0.2, 0.25) is 0 Å². The minimum Gasteiger partial charge on any atom is -0.504 e. The lowest BCUT2D eigenvalue weighted by molar-refractivity contribution is 0.480. The van der Waals surface area contributed by atoms with E-state index in [1.165, 1.54) is 17.0 Å². The number of aromatic nitrogens is 2. The molecule has 0 unspecified atom stereocenters. The fraction of sp³-hybridized carbons (Fsp3) is 0.0667. The minimum atomic E-state index is -0.319. The van der Waals surface area contributed by atoms with E-state index in [9.17, 15) is 9.90 Å². The molecule has 3 aromatic rings. The summed E-state index contributed by atoms with van der Waals surface area (Å²) in [5, 5.41) is 10.3. The maximum atomic E-state index is 12.5. The third kappa shape index (κ3) is 2.48. The van der Waals surface area contributed by atoms with Crippen LogP contribution in [0.3, 0.4) is 0 Å². The Kier molecular flexibility index (Phi) is 3.57. The summed E-state index contributed by atoms with van der Waals surface area (Å²) in [6.07, 6.45) is 1.38. The summed E-state index contributed by atoms with van der Waals surface area (Å²) in [5.74, 6) is -0.236. The second-order valence-corrected chi connectivity index (χ2v) is 5.39. The zero-order chi connectivity index (χ0) is 15.0. The van der Waals surface area contributed by atoms with E-state index in [-0.39, 0.29) is 32.3 Å². The van der Waals surface area contributed by atoms with Gasteiger partial charge in [0.15, 0.2) is 5.75 Å². The molecule has 6 heteroatoms. The van der Waals surface area contributed by atoms with Gasteiger partial charge in [0.1, 0.15) is 5.52 Å². The summed E-state index contributed by atoms with van der Waals surface area (Å²) in [7, 11) is 0. The topological polar surface area (TPSA) is 55.1 Å². The molecule has 21 heavy (non-hydrogen) atoms. The highest BCUT2D eigenvalue weighted by Crippen LogP contribution is 2.34. The number of phenolic OH excluding ortho intramolecular Hbond substituents is 1. The van der Waals surface area contributed by atoms with Gasteiger partial charge >= 0.3 is 0 Å². The predicted molar refractivity (Wildman–Crippen MR) is 83.2 cm³/mol. The zero-order valence-corrected chi connectivity index (χ0v) is 12.3. The van der Waals surface area contributed by atoms with E-state index < -0.39 is 0 Å². The molecule has 0 saturated heterocycles. The van der Waals surface area contributed by atoms with Gasteiger partial charge in [0.25, 0.3) is 5.56 Å². The summed E-state index contributed by atoms with van der Waals surface area (Å²) >= 11 is 11.9. The van der Waals surface area contributed by atoms with Gasteiger partial charge in [-0.3, -0.25) is 9.36 Å². The monoisotopic (exact) mass is 320 g/mol. The van der Waals surface area contributed by atoms with Crippen LogP contribution in [0.2, 0.25) is 10.0 Å². The number of hydrogen-bond acceptors (Lipinski definition) is 3. The number of fused-ring (bicyclic) bond motifs is 1. The minimum absolute atomic E-state index is 0.0696. The Balaban J connectivity index is 2.19. The molecule has 1 heterocycles. The van der Waals surface area contributed by atoms with Gasteiger partial charge in [0.05, 0.1) is 28.3 Å². The van der Waals surface area contributed by atoms with E-state index in [4.69, 9.17) is 23.2 Å². The first-order valence-corrected chi connectivity index (χ1v) is 6.93. The molecule has 0 atom stereocenters. The normalized spacial score (nSPS) is 11.0. The summed E-state index contributed by atoms with van der Waals surface area (Å²) < 4.78 is 1.44. The second kappa shape index (κ2) is 5.39. The Hall–Kier alpha value is -2.04. The number of phenols is 1. The third-order valence-corrected chi connectivity index (χ3v) is 3.76. The molecule has 0 fully saturated rings. The van der Waals surface area contributed by atoms with Crippen LogP contribution in [0.5, 0.6) is 5.75 Å². The molecular weight excluding hydrogens is 311 g/mol. The van der Waals surface area contributed by atoms with Gasteiger partial charge in [-0.1, -0.05) is 53.5 Å². The van der Waals surface area contributed by atoms with Crippen LogP contribution in [-0.4, -0.2) is 14.7 Å². The number of halogens is 2. The quantitative estimate of drug-likeness (QED) is 0.786. The van der Waals surface area contributed by atoms with Gasteiger partial charge < -0.3 is 5.11 Å². The lowest BCUT2D eigenvalue weighted by Gasteiger charge is -2.09. The second-order valence-electron chi connectivity index (χ2n) is 4.58. The van der Waals surface area contributed by atoms with Crippen LogP contribution in [-0.2, 0) is 6.54 Å². The molecule has 3 rings (SSSR count). The average Bonchev–Trinajstić information content (AvgIpc) is 2.48. The van der Waals surface area contributed by atoms with Crippen molar-refractivity contribution in [3.05, 3.63) is 68.7 Å². The molecular formula is C15H10Cl2N2O2. The van der Waals surface area contributed by atoms with Crippen LogP contribution in [0, 0.1) is 0 Å². The maximum absolute atomic E-state index is 12.5. The molecule has 0 aliphatic rings. The SMILES string of the molecule is O=c1c2c(Cl)cc(Cl)c(O)c2ncn1Cc1ccccc1. The Morgan fingerprint density at radius 2 is 1.86 bits per heavy atom. The van der Waals surface area contributed by atoms with Crippen LogP contribution in [0.25, 0.3) is 10.9 Å². The van der Waals surface area contributed by atoms with Crippen LogP contribution in [0.4, 0.5) is 0 Å². The molecule has 0 aliphatic carbocycles. The first-order valence-electron chi connectivity index (χ1n) is 6.18. The highest BCUT2D eigenvalue weighted by atomic mass is 35.5. The lowest BCUT2D eigenvalue weighted by Crippen LogP contribution is -2.21. The number of aromatic hydroxyl groups is 1. The average molecular weight is 321 g/mol. The number of benzene rings is 2. The van der Waals surface area contributed by atoms with Crippen LogP contribution >= 0.6 is 23.2 Å². The predicted octanol–water partition coefficient (Wildman–Crippen LogP) is 3.46. The van der Waals surface area contributed by atoms with Crippen molar-refractivity contribution in [2.45, 2.75) is 6.54 Å². The third-order valence-electron chi connectivity index (χ3n) is 3.18. The Morgan fingerprint density at radius 3 is 2.57 bits per heavy atom. The van der Waals surface area contributed by atoms with Gasteiger partial charge in [-0.25, -0.2) is 4.98 Å². The van der Waals surface area contributed by atoms with Crippen LogP contribution in [0.1, 0.15) is 5.56 Å². The highest BCUT2D eigenvalue weighted by Gasteiger charge is 2.15. The molecule has 0 radical (unpaired) electrons. The van der Waals surface area contributed by atoms with Crippen LogP contribution < -0.4 is 5.56 Å². The van der Waals surface area contributed by atoms with E-state index >= 15 is 0 Å². The van der Waals surface area contributed by atoms with Crippen molar-refractivity contribution >= 4 is 34.1 Å².